The maximum atomic E-state index is 11.0. The molecule has 1 aromatic carbocycles. The molecule has 0 unspecified atom stereocenters. The summed E-state index contributed by atoms with van der Waals surface area (Å²) in [4.78, 5) is 11.0. The molecule has 78 valence electrons. The van der Waals surface area contributed by atoms with E-state index in [1.807, 2.05) is 0 Å². The maximum absolute atomic E-state index is 11.0. The number of benzene rings is 1. The molecule has 2 rings (SSSR count). The molecule has 0 aromatic heterocycles. The molecule has 1 aliphatic heterocycles. The van der Waals surface area contributed by atoms with Gasteiger partial charge in [0.1, 0.15) is 11.5 Å². The summed E-state index contributed by atoms with van der Waals surface area (Å²) in [5.74, 6) is -0.185. The van der Waals surface area contributed by atoms with Gasteiger partial charge in [-0.3, -0.25) is 5.43 Å². The molecule has 0 amide bonds. The minimum atomic E-state index is -0.374. The molecule has 1 aromatic rings. The van der Waals surface area contributed by atoms with E-state index in [9.17, 15) is 4.79 Å². The molecule has 1 saturated heterocycles. The van der Waals surface area contributed by atoms with E-state index in [0.717, 1.165) is 0 Å². The van der Waals surface area contributed by atoms with Gasteiger partial charge < -0.3 is 9.84 Å². The fourth-order valence-corrected chi connectivity index (χ4v) is 1.20. The number of nitrogens with zero attached hydrogens (tertiary/aromatic N) is 1. The van der Waals surface area contributed by atoms with Crippen LogP contribution in [0.3, 0.4) is 0 Å². The van der Waals surface area contributed by atoms with Gasteiger partial charge in [-0.15, -0.1) is 0 Å². The molecular weight excluding hydrogens is 196 g/mol. The van der Waals surface area contributed by atoms with Gasteiger partial charge >= 0.3 is 5.97 Å². The molecule has 1 heterocycles. The molecule has 1 fully saturated rings. The first-order chi connectivity index (χ1) is 7.25. The van der Waals surface area contributed by atoms with Gasteiger partial charge in [0.05, 0.1) is 12.3 Å². The lowest BCUT2D eigenvalue weighted by Gasteiger charge is -2.00. The van der Waals surface area contributed by atoms with E-state index in [0.29, 0.717) is 24.4 Å². The predicted molar refractivity (Wildman–Crippen MR) is 54.7 cm³/mol. The van der Waals surface area contributed by atoms with E-state index in [1.165, 1.54) is 12.1 Å². The van der Waals surface area contributed by atoms with E-state index in [4.69, 9.17) is 9.84 Å². The van der Waals surface area contributed by atoms with Crippen molar-refractivity contribution in [1.82, 2.24) is 0 Å². The number of carbonyl (C=O) groups is 1. The minimum Gasteiger partial charge on any atom is -0.508 e. The summed E-state index contributed by atoms with van der Waals surface area (Å²) in [5.41, 5.74) is 3.82. The van der Waals surface area contributed by atoms with E-state index in [2.05, 4.69) is 10.5 Å². The molecule has 15 heavy (non-hydrogen) atoms. The van der Waals surface area contributed by atoms with Crippen LogP contribution in [0.4, 0.5) is 5.69 Å². The molecule has 0 atom stereocenters. The van der Waals surface area contributed by atoms with Crippen molar-refractivity contribution in [2.75, 3.05) is 12.0 Å². The van der Waals surface area contributed by atoms with Crippen LogP contribution in [0, 0.1) is 0 Å². The van der Waals surface area contributed by atoms with Gasteiger partial charge in [0.15, 0.2) is 0 Å². The number of aromatic hydroxyl groups is 1. The third kappa shape index (κ3) is 2.25. The lowest BCUT2D eigenvalue weighted by molar-refractivity contribution is -0.132. The molecule has 5 heteroatoms. The summed E-state index contributed by atoms with van der Waals surface area (Å²) in [5, 5.41) is 13.0. The van der Waals surface area contributed by atoms with Crippen molar-refractivity contribution in [3.8, 4) is 5.75 Å². The van der Waals surface area contributed by atoms with Crippen molar-refractivity contribution >= 4 is 17.4 Å². The van der Waals surface area contributed by atoms with Gasteiger partial charge in [-0.1, -0.05) is 0 Å². The zero-order chi connectivity index (χ0) is 10.7. The van der Waals surface area contributed by atoms with Crippen LogP contribution in [0.2, 0.25) is 0 Å². The summed E-state index contributed by atoms with van der Waals surface area (Å²) < 4.78 is 4.72. The number of hydrogen-bond acceptors (Lipinski definition) is 5. The number of phenolic OH excluding ortho intramolecular Hbond substituents is 1. The zero-order valence-corrected chi connectivity index (χ0v) is 7.93. The fourth-order valence-electron chi connectivity index (χ4n) is 1.20. The van der Waals surface area contributed by atoms with Crippen LogP contribution in [-0.4, -0.2) is 23.4 Å². The van der Waals surface area contributed by atoms with Crippen molar-refractivity contribution in [3.63, 3.8) is 0 Å². The Morgan fingerprint density at radius 2 is 2.07 bits per heavy atom. The van der Waals surface area contributed by atoms with Crippen molar-refractivity contribution < 1.29 is 14.6 Å². The Labute approximate surface area is 86.4 Å². The normalized spacial score (nSPS) is 17.9. The Morgan fingerprint density at radius 1 is 1.33 bits per heavy atom. The monoisotopic (exact) mass is 206 g/mol. The Hall–Kier alpha value is -2.04. The highest BCUT2D eigenvalue weighted by Crippen LogP contribution is 2.14. The number of rotatable bonds is 2. The second kappa shape index (κ2) is 4.00. The Kier molecular flexibility index (Phi) is 2.53. The lowest BCUT2D eigenvalue weighted by atomic mass is 10.3. The summed E-state index contributed by atoms with van der Waals surface area (Å²) >= 11 is 0. The minimum absolute atomic E-state index is 0.188. The predicted octanol–water partition coefficient (Wildman–Crippen LogP) is 1.11. The fraction of sp³-hybridized carbons (Fsp3) is 0.200. The quantitative estimate of drug-likeness (QED) is 0.432. The topological polar surface area (TPSA) is 70.9 Å². The summed E-state index contributed by atoms with van der Waals surface area (Å²) in [6.07, 6.45) is 0.532. The van der Waals surface area contributed by atoms with Crippen molar-refractivity contribution in [1.29, 1.82) is 0 Å². The van der Waals surface area contributed by atoms with Gasteiger partial charge in [-0.05, 0) is 24.3 Å². The first-order valence-corrected chi connectivity index (χ1v) is 4.54. The Balaban J connectivity index is 2.03. The highest BCUT2D eigenvalue weighted by Gasteiger charge is 2.20. The summed E-state index contributed by atoms with van der Waals surface area (Å²) in [7, 11) is 0. The van der Waals surface area contributed by atoms with Gasteiger partial charge in [0, 0.05) is 6.42 Å². The second-order valence-corrected chi connectivity index (χ2v) is 3.10. The molecule has 5 nitrogen and oxygen atoms in total. The highest BCUT2D eigenvalue weighted by atomic mass is 16.5. The van der Waals surface area contributed by atoms with Crippen LogP contribution in [0.5, 0.6) is 5.75 Å². The van der Waals surface area contributed by atoms with E-state index < -0.39 is 0 Å². The SMILES string of the molecule is O=C1OCC/C1=N\Nc1ccc(O)cc1. The third-order valence-electron chi connectivity index (χ3n) is 1.99. The average molecular weight is 206 g/mol. The lowest BCUT2D eigenvalue weighted by Crippen LogP contribution is -2.08. The van der Waals surface area contributed by atoms with Gasteiger partial charge in [0.25, 0.3) is 0 Å². The molecule has 0 aliphatic carbocycles. The molecule has 0 spiro atoms. The number of cyclic esters (lactones) is 1. The van der Waals surface area contributed by atoms with E-state index in [1.54, 1.807) is 12.1 Å². The smallest absolute Gasteiger partial charge is 0.354 e. The Bertz CT molecular complexity index is 398. The van der Waals surface area contributed by atoms with E-state index in [-0.39, 0.29) is 11.7 Å². The van der Waals surface area contributed by atoms with Crippen LogP contribution in [0.25, 0.3) is 0 Å². The van der Waals surface area contributed by atoms with Crippen LogP contribution in [0.1, 0.15) is 6.42 Å². The van der Waals surface area contributed by atoms with Gasteiger partial charge in [0.2, 0.25) is 0 Å². The summed E-state index contributed by atoms with van der Waals surface area (Å²) in [6, 6.07) is 6.41. The number of anilines is 1. The number of esters is 1. The van der Waals surface area contributed by atoms with Crippen LogP contribution in [-0.2, 0) is 9.53 Å². The number of hydrazone groups is 1. The third-order valence-corrected chi connectivity index (χ3v) is 1.99. The highest BCUT2D eigenvalue weighted by molar-refractivity contribution is 6.38. The molecule has 0 radical (unpaired) electrons. The second-order valence-electron chi connectivity index (χ2n) is 3.10. The van der Waals surface area contributed by atoms with Crippen LogP contribution < -0.4 is 5.43 Å². The van der Waals surface area contributed by atoms with Crippen molar-refractivity contribution in [2.45, 2.75) is 6.42 Å². The zero-order valence-electron chi connectivity index (χ0n) is 7.93. The number of phenols is 1. The number of carbonyl (C=O) groups excluding carboxylic acids is 1. The molecule has 1 aliphatic rings. The number of nitrogens with one attached hydrogen (secondary N) is 1. The van der Waals surface area contributed by atoms with Crippen molar-refractivity contribution in [3.05, 3.63) is 24.3 Å². The molecule has 0 saturated carbocycles. The first-order valence-electron chi connectivity index (χ1n) is 4.54. The first kappa shape index (κ1) is 9.51. The molecule has 2 N–H and O–H groups in total. The van der Waals surface area contributed by atoms with E-state index >= 15 is 0 Å². The summed E-state index contributed by atoms with van der Waals surface area (Å²) in [6.45, 7) is 0.398. The number of hydrogen-bond donors (Lipinski definition) is 2. The average Bonchev–Trinajstić information content (AvgIpc) is 2.63. The van der Waals surface area contributed by atoms with Crippen LogP contribution in [0.15, 0.2) is 29.4 Å². The van der Waals surface area contributed by atoms with Gasteiger partial charge in [-0.25, -0.2) is 4.79 Å². The van der Waals surface area contributed by atoms with Crippen molar-refractivity contribution in [2.24, 2.45) is 5.10 Å². The van der Waals surface area contributed by atoms with Gasteiger partial charge in [-0.2, -0.15) is 5.10 Å². The Morgan fingerprint density at radius 3 is 2.67 bits per heavy atom. The largest absolute Gasteiger partial charge is 0.508 e. The standard InChI is InChI=1S/C10H10N2O3/c13-8-3-1-7(2-4-8)11-12-9-5-6-15-10(9)14/h1-4,11,13H,5-6H2/b12-9+. The molecule has 0 bridgehead atoms. The van der Waals surface area contributed by atoms with Crippen LogP contribution >= 0.6 is 0 Å². The molecular formula is C10H10N2O3. The maximum Gasteiger partial charge on any atom is 0.354 e. The number of ether oxygens (including phenoxy) is 1.